The topological polar surface area (TPSA) is 66.4 Å². The number of thiophene rings is 1. The summed E-state index contributed by atoms with van der Waals surface area (Å²) in [5.41, 5.74) is 0.930. The van der Waals surface area contributed by atoms with Crippen molar-refractivity contribution in [2.75, 3.05) is 0 Å². The second-order valence-corrected chi connectivity index (χ2v) is 6.75. The zero-order valence-electron chi connectivity index (χ0n) is 12.4. The Bertz CT molecular complexity index is 562. The number of aliphatic carboxylic acids is 1. The zero-order chi connectivity index (χ0) is 15.4. The Hall–Kier alpha value is -1.62. The van der Waals surface area contributed by atoms with E-state index in [1.54, 1.807) is 6.08 Å². The summed E-state index contributed by atoms with van der Waals surface area (Å²) in [5, 5.41) is 11.8. The normalized spacial score (nSPS) is 22.4. The summed E-state index contributed by atoms with van der Waals surface area (Å²) in [4.78, 5) is 24.4. The maximum absolute atomic E-state index is 12.3. The summed E-state index contributed by atoms with van der Waals surface area (Å²) < 4.78 is 0. The molecule has 1 fully saturated rings. The van der Waals surface area contributed by atoms with Crippen LogP contribution in [0, 0.1) is 12.8 Å². The van der Waals surface area contributed by atoms with E-state index in [0.29, 0.717) is 10.8 Å². The van der Waals surface area contributed by atoms with E-state index in [9.17, 15) is 9.59 Å². The molecule has 1 aliphatic rings. The first-order valence-corrected chi connectivity index (χ1v) is 8.11. The average molecular weight is 307 g/mol. The average Bonchev–Trinajstić information content (AvgIpc) is 2.80. The molecule has 1 aromatic heterocycles. The molecule has 0 spiro atoms. The molecule has 0 aromatic carbocycles. The molecule has 4 nitrogen and oxygen atoms in total. The van der Waals surface area contributed by atoms with Crippen molar-refractivity contribution in [3.05, 3.63) is 27.5 Å². The van der Waals surface area contributed by atoms with Crippen molar-refractivity contribution >= 4 is 29.3 Å². The summed E-state index contributed by atoms with van der Waals surface area (Å²) in [5.74, 6) is -0.503. The number of aryl methyl sites for hydroxylation is 1. The second-order valence-electron chi connectivity index (χ2n) is 5.67. The van der Waals surface area contributed by atoms with Gasteiger partial charge in [-0.15, -0.1) is 11.3 Å². The molecule has 1 aliphatic carbocycles. The molecule has 2 atom stereocenters. The van der Waals surface area contributed by atoms with Gasteiger partial charge in [-0.25, -0.2) is 4.79 Å². The van der Waals surface area contributed by atoms with Crippen LogP contribution in [-0.2, 0) is 4.79 Å². The minimum absolute atomic E-state index is 0.0446. The Morgan fingerprint density at radius 2 is 2.10 bits per heavy atom. The third kappa shape index (κ3) is 4.17. The fourth-order valence-corrected chi connectivity index (χ4v) is 3.67. The number of carboxylic acids is 1. The van der Waals surface area contributed by atoms with Gasteiger partial charge in [0.1, 0.15) is 0 Å². The van der Waals surface area contributed by atoms with Gasteiger partial charge in [0.05, 0.1) is 4.88 Å². The van der Waals surface area contributed by atoms with E-state index in [1.165, 1.54) is 30.6 Å². The zero-order valence-corrected chi connectivity index (χ0v) is 13.2. The second kappa shape index (κ2) is 6.89. The molecule has 21 heavy (non-hydrogen) atoms. The third-order valence-corrected chi connectivity index (χ3v) is 5.19. The smallest absolute Gasteiger partial charge is 0.328 e. The summed E-state index contributed by atoms with van der Waals surface area (Å²) in [6.07, 6.45) is 7.28. The van der Waals surface area contributed by atoms with Crippen LogP contribution in [0.15, 0.2) is 12.1 Å². The van der Waals surface area contributed by atoms with Crippen molar-refractivity contribution in [3.8, 4) is 0 Å². The lowest BCUT2D eigenvalue weighted by Gasteiger charge is -2.29. The lowest BCUT2D eigenvalue weighted by Crippen LogP contribution is -2.40. The maximum Gasteiger partial charge on any atom is 0.328 e. The predicted octanol–water partition coefficient (Wildman–Crippen LogP) is 3.46. The monoisotopic (exact) mass is 307 g/mol. The first-order chi connectivity index (χ1) is 9.97. The van der Waals surface area contributed by atoms with Crippen molar-refractivity contribution in [2.45, 2.75) is 45.6 Å². The van der Waals surface area contributed by atoms with E-state index in [1.807, 2.05) is 13.0 Å². The van der Waals surface area contributed by atoms with Gasteiger partial charge in [-0.3, -0.25) is 4.79 Å². The van der Waals surface area contributed by atoms with Crippen molar-refractivity contribution in [3.63, 3.8) is 0 Å². The molecule has 1 heterocycles. The van der Waals surface area contributed by atoms with Gasteiger partial charge in [-0.05, 0) is 43.4 Å². The molecule has 2 N–H and O–H groups in total. The van der Waals surface area contributed by atoms with Crippen molar-refractivity contribution in [1.29, 1.82) is 0 Å². The Morgan fingerprint density at radius 3 is 2.76 bits per heavy atom. The Labute approximate surface area is 128 Å². The predicted molar refractivity (Wildman–Crippen MR) is 84.6 cm³/mol. The number of carbonyl (C=O) groups excluding carboxylic acids is 1. The third-order valence-electron chi connectivity index (χ3n) is 3.99. The number of rotatable bonds is 4. The van der Waals surface area contributed by atoms with Crippen LogP contribution >= 0.6 is 11.3 Å². The number of hydrogen-bond donors (Lipinski definition) is 2. The highest BCUT2D eigenvalue weighted by Crippen LogP contribution is 2.26. The van der Waals surface area contributed by atoms with Crippen LogP contribution in [-0.4, -0.2) is 23.0 Å². The minimum Gasteiger partial charge on any atom is -0.478 e. The van der Waals surface area contributed by atoms with Gasteiger partial charge >= 0.3 is 5.97 Å². The molecule has 0 aliphatic heterocycles. The molecule has 2 unspecified atom stereocenters. The van der Waals surface area contributed by atoms with Gasteiger partial charge < -0.3 is 10.4 Å². The quantitative estimate of drug-likeness (QED) is 0.837. The molecule has 114 valence electrons. The van der Waals surface area contributed by atoms with Gasteiger partial charge in [-0.1, -0.05) is 19.8 Å². The molecule has 0 bridgehead atoms. The molecule has 1 amide bonds. The molecule has 5 heteroatoms. The van der Waals surface area contributed by atoms with E-state index in [4.69, 9.17) is 5.11 Å². The van der Waals surface area contributed by atoms with Crippen LogP contribution in [0.5, 0.6) is 0 Å². The number of amides is 1. The molecule has 2 rings (SSSR count). The van der Waals surface area contributed by atoms with Crippen LogP contribution in [0.25, 0.3) is 6.08 Å². The van der Waals surface area contributed by atoms with Gasteiger partial charge in [0.25, 0.3) is 5.91 Å². The molecular formula is C16H21NO3S. The summed E-state index contributed by atoms with van der Waals surface area (Å²) >= 11 is 1.34. The molecule has 1 saturated carbocycles. The van der Waals surface area contributed by atoms with Crippen LogP contribution in [0.3, 0.4) is 0 Å². The number of hydrogen-bond acceptors (Lipinski definition) is 3. The highest BCUT2D eigenvalue weighted by atomic mass is 32.1. The fraction of sp³-hybridized carbons (Fsp3) is 0.500. The first-order valence-electron chi connectivity index (χ1n) is 7.29. The largest absolute Gasteiger partial charge is 0.478 e. The fourth-order valence-electron chi connectivity index (χ4n) is 2.69. The molecule has 1 aromatic rings. The van der Waals surface area contributed by atoms with E-state index in [2.05, 4.69) is 12.2 Å². The van der Waals surface area contributed by atoms with Crippen LogP contribution in [0.4, 0.5) is 0 Å². The standard InChI is InChI=1S/C16H21NO3S/c1-10-5-3-4-6-12(10)17-16(20)14-9-11(2)13(21-14)7-8-15(18)19/h7-10,12H,3-6H2,1-2H3,(H,17,20)(H,18,19)/b8-7+. The Balaban J connectivity index is 2.05. The maximum atomic E-state index is 12.3. The lowest BCUT2D eigenvalue weighted by atomic mass is 9.86. The summed E-state index contributed by atoms with van der Waals surface area (Å²) in [6.45, 7) is 4.07. The summed E-state index contributed by atoms with van der Waals surface area (Å²) in [6, 6.07) is 2.08. The Kier molecular flexibility index (Phi) is 5.17. The van der Waals surface area contributed by atoms with Crippen molar-refractivity contribution in [2.24, 2.45) is 5.92 Å². The van der Waals surface area contributed by atoms with E-state index in [-0.39, 0.29) is 11.9 Å². The van der Waals surface area contributed by atoms with Crippen LogP contribution in [0.2, 0.25) is 0 Å². The van der Waals surface area contributed by atoms with Crippen molar-refractivity contribution < 1.29 is 14.7 Å². The molecule has 0 saturated heterocycles. The van der Waals surface area contributed by atoms with Gasteiger partial charge in [0.15, 0.2) is 0 Å². The molecular weight excluding hydrogens is 286 g/mol. The lowest BCUT2D eigenvalue weighted by molar-refractivity contribution is -0.131. The number of nitrogens with one attached hydrogen (secondary N) is 1. The minimum atomic E-state index is -0.982. The van der Waals surface area contributed by atoms with Crippen LogP contribution in [0.1, 0.15) is 52.7 Å². The molecule has 0 radical (unpaired) electrons. The number of carbonyl (C=O) groups is 2. The summed E-state index contributed by atoms with van der Waals surface area (Å²) in [7, 11) is 0. The van der Waals surface area contributed by atoms with Crippen LogP contribution < -0.4 is 5.32 Å². The van der Waals surface area contributed by atoms with Gasteiger partial charge in [-0.2, -0.15) is 0 Å². The van der Waals surface area contributed by atoms with E-state index < -0.39 is 5.97 Å². The SMILES string of the molecule is Cc1cc(C(=O)NC2CCCCC2C)sc1/C=C/C(=O)O. The van der Waals surface area contributed by atoms with Gasteiger partial charge in [0, 0.05) is 17.0 Å². The van der Waals surface area contributed by atoms with Gasteiger partial charge in [0.2, 0.25) is 0 Å². The highest BCUT2D eigenvalue weighted by Gasteiger charge is 2.24. The Morgan fingerprint density at radius 1 is 1.38 bits per heavy atom. The van der Waals surface area contributed by atoms with E-state index >= 15 is 0 Å². The number of carboxylic acid groups (broad SMARTS) is 1. The van der Waals surface area contributed by atoms with E-state index in [0.717, 1.165) is 22.9 Å². The first kappa shape index (κ1) is 15.8. The highest BCUT2D eigenvalue weighted by molar-refractivity contribution is 7.15. The van der Waals surface area contributed by atoms with Crippen molar-refractivity contribution in [1.82, 2.24) is 5.32 Å².